The smallest absolute Gasteiger partial charge is 0.137 e. The number of rotatable bonds is 6. The first-order valence-corrected chi connectivity index (χ1v) is 7.46. The Balaban J connectivity index is 2.20. The van der Waals surface area contributed by atoms with Gasteiger partial charge in [-0.15, -0.1) is 0 Å². The van der Waals surface area contributed by atoms with Crippen LogP contribution in [0.4, 0.5) is 0 Å². The molecule has 22 heavy (non-hydrogen) atoms. The molecule has 114 valence electrons. The molecule has 2 atom stereocenters. The predicted octanol–water partition coefficient (Wildman–Crippen LogP) is 2.46. The SMILES string of the molecule is N#Cc1ccc(C(O)C(O)CS)cc1OCc1ccccc1. The standard InChI is InChI=1S/C17H17NO3S/c18-9-14-7-6-13(17(20)15(19)11-22)8-16(14)21-10-12-4-2-1-3-5-12/h1-8,15,17,19-20,22H,10-11H2. The Morgan fingerprint density at radius 3 is 2.50 bits per heavy atom. The number of ether oxygens (including phenoxy) is 1. The molecule has 0 aliphatic rings. The highest BCUT2D eigenvalue weighted by atomic mass is 32.1. The lowest BCUT2D eigenvalue weighted by molar-refractivity contribution is 0.0336. The molecule has 0 fully saturated rings. The number of hydrogen-bond donors (Lipinski definition) is 3. The third-order valence-electron chi connectivity index (χ3n) is 3.26. The van der Waals surface area contributed by atoms with Gasteiger partial charge in [-0.3, -0.25) is 0 Å². The maximum absolute atomic E-state index is 10.0. The lowest BCUT2D eigenvalue weighted by atomic mass is 10.0. The summed E-state index contributed by atoms with van der Waals surface area (Å²) in [4.78, 5) is 0. The van der Waals surface area contributed by atoms with Crippen LogP contribution in [0.1, 0.15) is 22.8 Å². The van der Waals surface area contributed by atoms with E-state index in [-0.39, 0.29) is 5.75 Å². The zero-order chi connectivity index (χ0) is 15.9. The van der Waals surface area contributed by atoms with E-state index in [1.54, 1.807) is 18.2 Å². The second-order valence-electron chi connectivity index (χ2n) is 4.84. The summed E-state index contributed by atoms with van der Waals surface area (Å²) in [7, 11) is 0. The van der Waals surface area contributed by atoms with Crippen LogP contribution in [0.5, 0.6) is 5.75 Å². The summed E-state index contributed by atoms with van der Waals surface area (Å²) in [6.45, 7) is 0.324. The lowest BCUT2D eigenvalue weighted by Gasteiger charge is -2.17. The maximum Gasteiger partial charge on any atom is 0.137 e. The van der Waals surface area contributed by atoms with E-state index >= 15 is 0 Å². The maximum atomic E-state index is 10.0. The third kappa shape index (κ3) is 4.01. The van der Waals surface area contributed by atoms with Crippen LogP contribution in [0.25, 0.3) is 0 Å². The molecular weight excluding hydrogens is 298 g/mol. The first-order chi connectivity index (χ1) is 10.7. The van der Waals surface area contributed by atoms with Crippen molar-refractivity contribution in [1.29, 1.82) is 5.26 Å². The number of nitrogens with zero attached hydrogens (tertiary/aromatic N) is 1. The Hall–Kier alpha value is -2.00. The summed E-state index contributed by atoms with van der Waals surface area (Å²) in [5.41, 5.74) is 1.85. The fourth-order valence-electron chi connectivity index (χ4n) is 1.99. The second-order valence-corrected chi connectivity index (χ2v) is 5.20. The average molecular weight is 315 g/mol. The van der Waals surface area contributed by atoms with E-state index < -0.39 is 12.2 Å². The fourth-order valence-corrected chi connectivity index (χ4v) is 2.19. The van der Waals surface area contributed by atoms with E-state index in [1.165, 1.54) is 0 Å². The van der Waals surface area contributed by atoms with Gasteiger partial charge in [0.25, 0.3) is 0 Å². The van der Waals surface area contributed by atoms with Crippen LogP contribution < -0.4 is 4.74 Å². The molecule has 4 nitrogen and oxygen atoms in total. The molecule has 0 bridgehead atoms. The summed E-state index contributed by atoms with van der Waals surface area (Å²) in [5, 5.41) is 28.8. The van der Waals surface area contributed by atoms with Gasteiger partial charge in [0.05, 0.1) is 11.7 Å². The van der Waals surface area contributed by atoms with E-state index in [0.717, 1.165) is 5.56 Å². The van der Waals surface area contributed by atoms with Crippen LogP contribution in [0.15, 0.2) is 48.5 Å². The predicted molar refractivity (Wildman–Crippen MR) is 86.8 cm³/mol. The van der Waals surface area contributed by atoms with Gasteiger partial charge in [0.2, 0.25) is 0 Å². The average Bonchev–Trinajstić information content (AvgIpc) is 2.59. The highest BCUT2D eigenvalue weighted by Gasteiger charge is 2.18. The normalized spacial score (nSPS) is 13.2. The van der Waals surface area contributed by atoms with Crippen LogP contribution >= 0.6 is 12.6 Å². The van der Waals surface area contributed by atoms with Gasteiger partial charge in [-0.1, -0.05) is 36.4 Å². The first-order valence-electron chi connectivity index (χ1n) is 6.83. The van der Waals surface area contributed by atoms with E-state index in [0.29, 0.717) is 23.5 Å². The number of hydrogen-bond acceptors (Lipinski definition) is 5. The molecule has 0 aromatic heterocycles. The summed E-state index contributed by atoms with van der Waals surface area (Å²) in [6, 6.07) is 16.4. The quantitative estimate of drug-likeness (QED) is 0.716. The number of nitriles is 1. The zero-order valence-electron chi connectivity index (χ0n) is 11.9. The van der Waals surface area contributed by atoms with Crippen LogP contribution in [-0.2, 0) is 6.61 Å². The lowest BCUT2D eigenvalue weighted by Crippen LogP contribution is -2.19. The topological polar surface area (TPSA) is 73.5 Å². The Labute approximate surface area is 135 Å². The molecule has 0 aliphatic carbocycles. The molecule has 0 saturated carbocycles. The summed E-state index contributed by atoms with van der Waals surface area (Å²) >= 11 is 3.97. The Morgan fingerprint density at radius 1 is 1.14 bits per heavy atom. The van der Waals surface area contributed by atoms with Gasteiger partial charge in [-0.25, -0.2) is 0 Å². The molecule has 2 rings (SSSR count). The van der Waals surface area contributed by atoms with Gasteiger partial charge in [0.15, 0.2) is 0 Å². The number of thiol groups is 1. The van der Waals surface area contributed by atoms with Gasteiger partial charge >= 0.3 is 0 Å². The van der Waals surface area contributed by atoms with Gasteiger partial charge in [-0.05, 0) is 23.3 Å². The molecule has 0 spiro atoms. The van der Waals surface area contributed by atoms with Crippen LogP contribution in [0, 0.1) is 11.3 Å². The second kappa shape index (κ2) is 7.85. The van der Waals surface area contributed by atoms with Gasteiger partial charge < -0.3 is 14.9 Å². The molecule has 5 heteroatoms. The van der Waals surface area contributed by atoms with Crippen molar-refractivity contribution >= 4 is 12.6 Å². The molecule has 0 saturated heterocycles. The monoisotopic (exact) mass is 315 g/mol. The van der Waals surface area contributed by atoms with Gasteiger partial charge in [0, 0.05) is 5.75 Å². The molecule has 2 unspecified atom stereocenters. The third-order valence-corrected chi connectivity index (χ3v) is 3.63. The number of aliphatic hydroxyl groups excluding tert-OH is 2. The van der Waals surface area contributed by atoms with E-state index in [4.69, 9.17) is 10.00 Å². The van der Waals surface area contributed by atoms with Gasteiger partial charge in [-0.2, -0.15) is 17.9 Å². The number of benzene rings is 2. The zero-order valence-corrected chi connectivity index (χ0v) is 12.8. The Bertz CT molecular complexity index is 655. The van der Waals surface area contributed by atoms with Gasteiger partial charge in [0.1, 0.15) is 24.5 Å². The molecule has 0 radical (unpaired) electrons. The summed E-state index contributed by atoms with van der Waals surface area (Å²) in [6.07, 6.45) is -2.04. The van der Waals surface area contributed by atoms with Crippen molar-refractivity contribution in [2.75, 3.05) is 5.75 Å². The van der Waals surface area contributed by atoms with E-state index in [1.807, 2.05) is 30.3 Å². The first kappa shape index (κ1) is 16.4. The van der Waals surface area contributed by atoms with Crippen molar-refractivity contribution in [2.45, 2.75) is 18.8 Å². The van der Waals surface area contributed by atoms with Crippen LogP contribution in [0.3, 0.4) is 0 Å². The summed E-state index contributed by atoms with van der Waals surface area (Å²) in [5.74, 6) is 0.524. The minimum absolute atomic E-state index is 0.140. The van der Waals surface area contributed by atoms with Crippen molar-refractivity contribution in [1.82, 2.24) is 0 Å². The van der Waals surface area contributed by atoms with E-state index in [9.17, 15) is 10.2 Å². The van der Waals surface area contributed by atoms with Crippen molar-refractivity contribution in [3.05, 3.63) is 65.2 Å². The largest absolute Gasteiger partial charge is 0.488 e. The van der Waals surface area contributed by atoms with Crippen molar-refractivity contribution in [3.8, 4) is 11.8 Å². The molecule has 0 amide bonds. The highest BCUT2D eigenvalue weighted by molar-refractivity contribution is 7.80. The highest BCUT2D eigenvalue weighted by Crippen LogP contribution is 2.26. The molecular formula is C17H17NO3S. The molecule has 0 aliphatic heterocycles. The van der Waals surface area contributed by atoms with Crippen molar-refractivity contribution < 1.29 is 14.9 Å². The van der Waals surface area contributed by atoms with Crippen molar-refractivity contribution in [3.63, 3.8) is 0 Å². The number of aliphatic hydroxyl groups is 2. The minimum atomic E-state index is -1.07. The minimum Gasteiger partial charge on any atom is -0.488 e. The molecule has 2 aromatic carbocycles. The van der Waals surface area contributed by atoms with Crippen LogP contribution in [0.2, 0.25) is 0 Å². The van der Waals surface area contributed by atoms with Crippen LogP contribution in [-0.4, -0.2) is 22.1 Å². The van der Waals surface area contributed by atoms with E-state index in [2.05, 4.69) is 18.7 Å². The summed E-state index contributed by atoms with van der Waals surface area (Å²) < 4.78 is 5.68. The molecule has 0 heterocycles. The fraction of sp³-hybridized carbons (Fsp3) is 0.235. The van der Waals surface area contributed by atoms with Crippen molar-refractivity contribution in [2.24, 2.45) is 0 Å². The Morgan fingerprint density at radius 2 is 1.86 bits per heavy atom. The molecule has 2 N–H and O–H groups in total. The molecule has 2 aromatic rings. The Kier molecular flexibility index (Phi) is 5.84.